The fourth-order valence-corrected chi connectivity index (χ4v) is 3.69. The minimum Gasteiger partial charge on any atom is -0.465 e. The molecule has 1 heterocycles. The van der Waals surface area contributed by atoms with E-state index < -0.39 is 17.0 Å². The number of nitrogens with one attached hydrogen (secondary N) is 2. The van der Waals surface area contributed by atoms with E-state index in [-0.39, 0.29) is 0 Å². The lowest BCUT2D eigenvalue weighted by Crippen LogP contribution is -2.06. The number of ether oxygens (including phenoxy) is 1. The Labute approximate surface area is 146 Å². The van der Waals surface area contributed by atoms with Gasteiger partial charge in [-0.05, 0) is 42.8 Å². The Balaban J connectivity index is 1.94. The molecule has 5 nitrogen and oxygen atoms in total. The highest BCUT2D eigenvalue weighted by Gasteiger charge is 2.14. The quantitative estimate of drug-likeness (QED) is 0.688. The molecule has 0 saturated carbocycles. The predicted octanol–water partition coefficient (Wildman–Crippen LogP) is 4.05. The van der Waals surface area contributed by atoms with Gasteiger partial charge >= 0.3 is 5.97 Å². The van der Waals surface area contributed by atoms with Crippen LogP contribution in [0.25, 0.3) is 10.9 Å². The van der Waals surface area contributed by atoms with Crippen LogP contribution in [0.15, 0.2) is 47.5 Å². The molecule has 0 fully saturated rings. The average Bonchev–Trinajstić information content (AvgIpc) is 2.99. The number of hydrogen-bond acceptors (Lipinski definition) is 3. The van der Waals surface area contributed by atoms with Crippen LogP contribution >= 0.6 is 11.6 Å². The lowest BCUT2D eigenvalue weighted by Gasteiger charge is -2.10. The number of hydrogen-bond donors (Lipinski definition) is 2. The van der Waals surface area contributed by atoms with Crippen LogP contribution in [-0.2, 0) is 15.7 Å². The molecule has 1 atom stereocenters. The second kappa shape index (κ2) is 6.67. The number of carbonyl (C=O) groups is 1. The van der Waals surface area contributed by atoms with Gasteiger partial charge in [-0.2, -0.15) is 0 Å². The van der Waals surface area contributed by atoms with E-state index in [1.165, 1.54) is 7.11 Å². The maximum Gasteiger partial charge on any atom is 0.340 e. The van der Waals surface area contributed by atoms with E-state index in [2.05, 4.69) is 9.71 Å². The molecule has 0 saturated heterocycles. The molecule has 2 N–H and O–H groups in total. The fraction of sp³-hybridized carbons (Fsp3) is 0.118. The molecule has 0 amide bonds. The van der Waals surface area contributed by atoms with Gasteiger partial charge in [-0.15, -0.1) is 0 Å². The van der Waals surface area contributed by atoms with Gasteiger partial charge in [-0.1, -0.05) is 17.7 Å². The first-order valence-electron chi connectivity index (χ1n) is 7.14. The molecule has 124 valence electrons. The largest absolute Gasteiger partial charge is 0.465 e. The molecule has 3 rings (SSSR count). The molecule has 0 spiro atoms. The lowest BCUT2D eigenvalue weighted by molar-refractivity contribution is 0.0603. The second-order valence-corrected chi connectivity index (χ2v) is 6.78. The Kier molecular flexibility index (Phi) is 4.59. The predicted molar refractivity (Wildman–Crippen MR) is 95.9 cm³/mol. The number of anilines is 1. The molecule has 2 aromatic carbocycles. The number of aromatic nitrogens is 1. The summed E-state index contributed by atoms with van der Waals surface area (Å²) >= 11 is 6.08. The highest BCUT2D eigenvalue weighted by Crippen LogP contribution is 2.26. The van der Waals surface area contributed by atoms with E-state index in [1.54, 1.807) is 36.5 Å². The third-order valence-corrected chi connectivity index (χ3v) is 5.39. The molecule has 0 aliphatic heterocycles. The number of rotatable bonds is 4. The van der Waals surface area contributed by atoms with Gasteiger partial charge in [0.1, 0.15) is 0 Å². The molecular weight excluding hydrogens is 348 g/mol. The van der Waals surface area contributed by atoms with Gasteiger partial charge in [0.2, 0.25) is 0 Å². The summed E-state index contributed by atoms with van der Waals surface area (Å²) in [6, 6.07) is 10.6. The number of carbonyl (C=O) groups excluding carboxylic acids is 1. The van der Waals surface area contributed by atoms with Crippen LogP contribution in [0.1, 0.15) is 15.9 Å². The van der Waals surface area contributed by atoms with Crippen LogP contribution in [0.5, 0.6) is 0 Å². The summed E-state index contributed by atoms with van der Waals surface area (Å²) in [5, 5.41) is 1.27. The van der Waals surface area contributed by atoms with E-state index in [0.29, 0.717) is 26.6 Å². The first kappa shape index (κ1) is 16.5. The zero-order valence-electron chi connectivity index (χ0n) is 13.1. The zero-order valence-corrected chi connectivity index (χ0v) is 14.6. The summed E-state index contributed by atoms with van der Waals surface area (Å²) in [7, 11) is -0.133. The standard InChI is InChI=1S/C17H15ClN2O3S/c1-10-14(18)4-3-5-16(10)24(22)20-11-6-7-15-12(8-11)13(9-19-15)17(21)23-2/h3-9,19-20H,1-2H3. The lowest BCUT2D eigenvalue weighted by atomic mass is 10.1. The Morgan fingerprint density at radius 1 is 1.29 bits per heavy atom. The highest BCUT2D eigenvalue weighted by molar-refractivity contribution is 7.86. The summed E-state index contributed by atoms with van der Waals surface area (Å²) in [4.78, 5) is 15.4. The molecule has 0 aliphatic rings. The highest BCUT2D eigenvalue weighted by atomic mass is 35.5. The van der Waals surface area contributed by atoms with Gasteiger partial charge in [-0.25, -0.2) is 9.00 Å². The molecule has 1 unspecified atom stereocenters. The van der Waals surface area contributed by atoms with Crippen LogP contribution in [0.4, 0.5) is 5.69 Å². The molecule has 24 heavy (non-hydrogen) atoms. The first-order valence-corrected chi connectivity index (χ1v) is 8.67. The smallest absolute Gasteiger partial charge is 0.340 e. The number of H-pyrrole nitrogens is 1. The van der Waals surface area contributed by atoms with Gasteiger partial charge in [0.25, 0.3) is 0 Å². The molecular formula is C17H15ClN2O3S. The zero-order chi connectivity index (χ0) is 17.3. The summed E-state index contributed by atoms with van der Waals surface area (Å²) in [5.41, 5.74) is 2.62. The van der Waals surface area contributed by atoms with Gasteiger partial charge in [-0.3, -0.25) is 0 Å². The average molecular weight is 363 g/mol. The van der Waals surface area contributed by atoms with Gasteiger partial charge in [0, 0.05) is 27.8 Å². The molecule has 1 aromatic heterocycles. The Morgan fingerprint density at radius 3 is 2.83 bits per heavy atom. The number of fused-ring (bicyclic) bond motifs is 1. The van der Waals surface area contributed by atoms with Crippen molar-refractivity contribution in [1.29, 1.82) is 0 Å². The van der Waals surface area contributed by atoms with E-state index in [4.69, 9.17) is 16.3 Å². The molecule has 3 aromatic rings. The van der Waals surface area contributed by atoms with Crippen molar-refractivity contribution in [2.75, 3.05) is 11.8 Å². The fourth-order valence-electron chi connectivity index (χ4n) is 2.41. The SMILES string of the molecule is COC(=O)c1c[nH]c2ccc(NS(=O)c3cccc(Cl)c3C)cc12. The Bertz CT molecular complexity index is 952. The Morgan fingerprint density at radius 2 is 2.08 bits per heavy atom. The first-order chi connectivity index (χ1) is 11.5. The summed E-state index contributed by atoms with van der Waals surface area (Å²) in [6.45, 7) is 1.82. The summed E-state index contributed by atoms with van der Waals surface area (Å²) in [5.74, 6) is -0.426. The van der Waals surface area contributed by atoms with Crippen LogP contribution in [0.3, 0.4) is 0 Å². The minimum atomic E-state index is -1.47. The molecule has 0 bridgehead atoms. The topological polar surface area (TPSA) is 71.2 Å². The van der Waals surface area contributed by atoms with E-state index >= 15 is 0 Å². The van der Waals surface area contributed by atoms with Crippen molar-refractivity contribution in [1.82, 2.24) is 4.98 Å². The summed E-state index contributed by atoms with van der Waals surface area (Å²) < 4.78 is 20.3. The van der Waals surface area contributed by atoms with Gasteiger partial charge < -0.3 is 14.4 Å². The van der Waals surface area contributed by atoms with Crippen molar-refractivity contribution in [3.05, 3.63) is 58.7 Å². The number of aromatic amines is 1. The van der Waals surface area contributed by atoms with Crippen molar-refractivity contribution in [2.45, 2.75) is 11.8 Å². The van der Waals surface area contributed by atoms with E-state index in [0.717, 1.165) is 11.1 Å². The van der Waals surface area contributed by atoms with Gasteiger partial charge in [0.05, 0.1) is 17.6 Å². The summed E-state index contributed by atoms with van der Waals surface area (Å²) in [6.07, 6.45) is 1.60. The van der Waals surface area contributed by atoms with Crippen molar-refractivity contribution in [2.24, 2.45) is 0 Å². The van der Waals surface area contributed by atoms with Crippen molar-refractivity contribution in [3.8, 4) is 0 Å². The van der Waals surface area contributed by atoms with Crippen LogP contribution in [0.2, 0.25) is 5.02 Å². The maximum absolute atomic E-state index is 12.6. The third-order valence-electron chi connectivity index (χ3n) is 3.72. The molecule has 0 aliphatic carbocycles. The van der Waals surface area contributed by atoms with Crippen molar-refractivity contribution < 1.29 is 13.7 Å². The van der Waals surface area contributed by atoms with E-state index in [9.17, 15) is 9.00 Å². The number of benzene rings is 2. The normalized spacial score (nSPS) is 12.1. The third kappa shape index (κ3) is 3.02. The van der Waals surface area contributed by atoms with Crippen LogP contribution in [-0.4, -0.2) is 22.3 Å². The number of esters is 1. The molecule has 7 heteroatoms. The monoisotopic (exact) mass is 362 g/mol. The van der Waals surface area contributed by atoms with E-state index in [1.807, 2.05) is 13.0 Å². The molecule has 0 radical (unpaired) electrons. The van der Waals surface area contributed by atoms with Crippen LogP contribution < -0.4 is 4.72 Å². The number of methoxy groups -OCH3 is 1. The minimum absolute atomic E-state index is 0.426. The number of halogens is 1. The van der Waals surface area contributed by atoms with Crippen LogP contribution in [0, 0.1) is 6.92 Å². The maximum atomic E-state index is 12.6. The van der Waals surface area contributed by atoms with Crippen molar-refractivity contribution in [3.63, 3.8) is 0 Å². The Hall–Kier alpha value is -2.31. The second-order valence-electron chi connectivity index (χ2n) is 5.19. The van der Waals surface area contributed by atoms with Crippen molar-refractivity contribution >= 4 is 45.1 Å². The van der Waals surface area contributed by atoms with Gasteiger partial charge in [0.15, 0.2) is 11.0 Å².